The molecule has 2 heterocycles. The highest BCUT2D eigenvalue weighted by atomic mass is 16.5. The zero-order chi connectivity index (χ0) is 20.9. The van der Waals surface area contributed by atoms with Gasteiger partial charge in [0.25, 0.3) is 11.5 Å². The molecule has 1 aliphatic rings. The number of H-pyrrole nitrogens is 1. The number of carbonyl (C=O) groups is 1. The number of hydrogen-bond acceptors (Lipinski definition) is 6. The number of benzene rings is 2. The molecule has 0 bridgehead atoms. The van der Waals surface area contributed by atoms with Crippen molar-refractivity contribution in [1.29, 1.82) is 0 Å². The number of nitrogens with zero attached hydrogens (tertiary/aromatic N) is 3. The molecule has 3 N–H and O–H groups in total. The molecule has 8 nitrogen and oxygen atoms in total. The van der Waals surface area contributed by atoms with Gasteiger partial charge in [-0.05, 0) is 35.7 Å². The Morgan fingerprint density at radius 1 is 1.10 bits per heavy atom. The minimum absolute atomic E-state index is 0.0611. The van der Waals surface area contributed by atoms with Crippen LogP contribution in [0.1, 0.15) is 15.9 Å². The zero-order valence-electron chi connectivity index (χ0n) is 16.2. The van der Waals surface area contributed by atoms with Crippen molar-refractivity contribution in [2.75, 3.05) is 26.3 Å². The molecule has 30 heavy (non-hydrogen) atoms. The SMILES string of the molecule is NN=C(C=Nc1cccc(C(=O)N2CCOCC2)c1)c1cc2ccccc2[nH]c1=O. The number of para-hydroxylation sites is 1. The molecule has 1 saturated heterocycles. The number of hydrazone groups is 1. The van der Waals surface area contributed by atoms with Gasteiger partial charge in [0.15, 0.2) is 0 Å². The van der Waals surface area contributed by atoms with E-state index >= 15 is 0 Å². The zero-order valence-corrected chi connectivity index (χ0v) is 16.2. The Kier molecular flexibility index (Phi) is 5.67. The lowest BCUT2D eigenvalue weighted by molar-refractivity contribution is 0.0303. The second kappa shape index (κ2) is 8.71. The molecular formula is C22H21N5O3. The first-order valence-corrected chi connectivity index (χ1v) is 9.57. The van der Waals surface area contributed by atoms with Crippen LogP contribution in [0.5, 0.6) is 0 Å². The van der Waals surface area contributed by atoms with Crippen LogP contribution >= 0.6 is 0 Å². The average molecular weight is 403 g/mol. The maximum Gasteiger partial charge on any atom is 0.258 e. The molecule has 1 amide bonds. The van der Waals surface area contributed by atoms with E-state index in [2.05, 4.69) is 15.1 Å². The third kappa shape index (κ3) is 4.13. The normalized spacial score (nSPS) is 15.1. The Morgan fingerprint density at radius 3 is 2.70 bits per heavy atom. The van der Waals surface area contributed by atoms with Crippen molar-refractivity contribution >= 4 is 34.4 Å². The highest BCUT2D eigenvalue weighted by Gasteiger charge is 2.18. The molecule has 0 unspecified atom stereocenters. The van der Waals surface area contributed by atoms with Crippen LogP contribution in [0.3, 0.4) is 0 Å². The number of rotatable bonds is 4. The molecule has 4 rings (SSSR count). The fraction of sp³-hybridized carbons (Fsp3) is 0.182. The number of aromatic nitrogens is 1. The number of hydrogen-bond donors (Lipinski definition) is 2. The van der Waals surface area contributed by atoms with Crippen LogP contribution in [-0.4, -0.2) is 54.0 Å². The van der Waals surface area contributed by atoms with Crippen molar-refractivity contribution in [1.82, 2.24) is 9.88 Å². The molecule has 0 spiro atoms. The van der Waals surface area contributed by atoms with Crippen LogP contribution in [0, 0.1) is 0 Å². The van der Waals surface area contributed by atoms with Gasteiger partial charge in [-0.1, -0.05) is 24.3 Å². The van der Waals surface area contributed by atoms with E-state index in [9.17, 15) is 9.59 Å². The lowest BCUT2D eigenvalue weighted by Crippen LogP contribution is -2.40. The van der Waals surface area contributed by atoms with Crippen LogP contribution in [-0.2, 0) is 4.74 Å². The second-order valence-electron chi connectivity index (χ2n) is 6.83. The number of nitrogens with one attached hydrogen (secondary N) is 1. The van der Waals surface area contributed by atoms with E-state index in [1.165, 1.54) is 6.21 Å². The maximum absolute atomic E-state index is 12.7. The van der Waals surface area contributed by atoms with E-state index in [1.807, 2.05) is 24.3 Å². The summed E-state index contributed by atoms with van der Waals surface area (Å²) >= 11 is 0. The number of fused-ring (bicyclic) bond motifs is 1. The summed E-state index contributed by atoms with van der Waals surface area (Å²) in [6.07, 6.45) is 1.43. The van der Waals surface area contributed by atoms with Gasteiger partial charge in [-0.3, -0.25) is 14.6 Å². The van der Waals surface area contributed by atoms with Gasteiger partial charge in [0.2, 0.25) is 0 Å². The molecule has 0 radical (unpaired) electrons. The number of aliphatic imine (C=N–C) groups is 1. The molecule has 2 aromatic carbocycles. The standard InChI is InChI=1S/C22H21N5O3/c23-26-20(18-13-15-4-1-2-7-19(15)25-21(18)28)14-24-17-6-3-5-16(12-17)22(29)27-8-10-30-11-9-27/h1-7,12-14H,8-11,23H2,(H,25,28). The summed E-state index contributed by atoms with van der Waals surface area (Å²) < 4.78 is 5.29. The number of amides is 1. The van der Waals surface area contributed by atoms with E-state index in [-0.39, 0.29) is 17.2 Å². The van der Waals surface area contributed by atoms with Gasteiger partial charge in [0.1, 0.15) is 5.71 Å². The van der Waals surface area contributed by atoms with E-state index in [1.54, 1.807) is 35.2 Å². The molecule has 8 heteroatoms. The van der Waals surface area contributed by atoms with Gasteiger partial charge < -0.3 is 20.5 Å². The van der Waals surface area contributed by atoms with Gasteiger partial charge in [-0.25, -0.2) is 0 Å². The Bertz CT molecular complexity index is 1190. The first-order chi connectivity index (χ1) is 14.7. The lowest BCUT2D eigenvalue weighted by atomic mass is 10.1. The van der Waals surface area contributed by atoms with Crippen LogP contribution in [0.2, 0.25) is 0 Å². The summed E-state index contributed by atoms with van der Waals surface area (Å²) in [5, 5.41) is 4.59. The number of morpholine rings is 1. The summed E-state index contributed by atoms with van der Waals surface area (Å²) in [6, 6.07) is 16.2. The van der Waals surface area contributed by atoms with Crippen molar-refractivity contribution in [3.63, 3.8) is 0 Å². The van der Waals surface area contributed by atoms with E-state index < -0.39 is 0 Å². The van der Waals surface area contributed by atoms with E-state index in [0.717, 1.165) is 10.9 Å². The Morgan fingerprint density at radius 2 is 1.90 bits per heavy atom. The van der Waals surface area contributed by atoms with Crippen LogP contribution < -0.4 is 11.4 Å². The molecule has 0 saturated carbocycles. The molecule has 0 aliphatic carbocycles. The molecule has 152 valence electrons. The van der Waals surface area contributed by atoms with E-state index in [4.69, 9.17) is 10.6 Å². The van der Waals surface area contributed by atoms with E-state index in [0.29, 0.717) is 43.1 Å². The van der Waals surface area contributed by atoms with Crippen LogP contribution in [0.25, 0.3) is 10.9 Å². The van der Waals surface area contributed by atoms with Gasteiger partial charge in [0, 0.05) is 24.2 Å². The average Bonchev–Trinajstić information content (AvgIpc) is 2.80. The molecule has 0 atom stereocenters. The molecule has 1 fully saturated rings. The Labute approximate surface area is 172 Å². The number of ether oxygens (including phenoxy) is 1. The van der Waals surface area contributed by atoms with Crippen molar-refractivity contribution in [2.45, 2.75) is 0 Å². The smallest absolute Gasteiger partial charge is 0.258 e. The first-order valence-electron chi connectivity index (χ1n) is 9.57. The Hall–Kier alpha value is -3.78. The minimum atomic E-state index is -0.305. The molecular weight excluding hydrogens is 382 g/mol. The van der Waals surface area contributed by atoms with Gasteiger partial charge in [-0.15, -0.1) is 0 Å². The number of nitrogens with two attached hydrogens (primary N) is 1. The largest absolute Gasteiger partial charge is 0.378 e. The van der Waals surface area contributed by atoms with Crippen LogP contribution in [0.15, 0.2) is 69.5 Å². The second-order valence-corrected chi connectivity index (χ2v) is 6.83. The van der Waals surface area contributed by atoms with Gasteiger partial charge >= 0.3 is 0 Å². The number of aromatic amines is 1. The minimum Gasteiger partial charge on any atom is -0.378 e. The quantitative estimate of drug-likeness (QED) is 0.394. The summed E-state index contributed by atoms with van der Waals surface area (Å²) in [4.78, 5) is 34.1. The van der Waals surface area contributed by atoms with Crippen molar-refractivity contribution < 1.29 is 9.53 Å². The van der Waals surface area contributed by atoms with Gasteiger partial charge in [0.05, 0.1) is 30.7 Å². The summed E-state index contributed by atoms with van der Waals surface area (Å²) in [7, 11) is 0. The maximum atomic E-state index is 12.7. The number of carbonyl (C=O) groups excluding carboxylic acids is 1. The fourth-order valence-corrected chi connectivity index (χ4v) is 3.31. The topological polar surface area (TPSA) is 113 Å². The predicted molar refractivity (Wildman–Crippen MR) is 117 cm³/mol. The summed E-state index contributed by atoms with van der Waals surface area (Å²) in [5.41, 5.74) is 2.09. The van der Waals surface area contributed by atoms with Crippen molar-refractivity contribution in [3.05, 3.63) is 76.1 Å². The molecule has 3 aromatic rings. The Balaban J connectivity index is 1.59. The predicted octanol–water partition coefficient (Wildman–Crippen LogP) is 2.07. The summed E-state index contributed by atoms with van der Waals surface area (Å²) in [5.74, 6) is 5.47. The van der Waals surface area contributed by atoms with Crippen molar-refractivity contribution in [3.8, 4) is 0 Å². The number of pyridine rings is 1. The third-order valence-corrected chi connectivity index (χ3v) is 4.90. The van der Waals surface area contributed by atoms with Gasteiger partial charge in [-0.2, -0.15) is 5.10 Å². The first kappa shape index (κ1) is 19.5. The summed E-state index contributed by atoms with van der Waals surface area (Å²) in [6.45, 7) is 2.22. The fourth-order valence-electron chi connectivity index (χ4n) is 3.31. The lowest BCUT2D eigenvalue weighted by Gasteiger charge is -2.26. The monoisotopic (exact) mass is 403 g/mol. The highest BCUT2D eigenvalue weighted by molar-refractivity contribution is 6.38. The molecule has 1 aromatic heterocycles. The van der Waals surface area contributed by atoms with Crippen molar-refractivity contribution in [2.24, 2.45) is 15.9 Å². The molecule has 1 aliphatic heterocycles. The van der Waals surface area contributed by atoms with Crippen LogP contribution in [0.4, 0.5) is 5.69 Å². The third-order valence-electron chi connectivity index (χ3n) is 4.90. The highest BCUT2D eigenvalue weighted by Crippen LogP contribution is 2.17.